The third kappa shape index (κ3) is 1.96. The van der Waals surface area contributed by atoms with Gasteiger partial charge >= 0.3 is 0 Å². The summed E-state index contributed by atoms with van der Waals surface area (Å²) in [6.45, 7) is 1.54. The molecular formula is C10H14N2O2. The Morgan fingerprint density at radius 1 is 1.43 bits per heavy atom. The first-order valence-electron chi connectivity index (χ1n) is 4.82. The van der Waals surface area contributed by atoms with Crippen LogP contribution in [0.3, 0.4) is 0 Å². The van der Waals surface area contributed by atoms with Gasteiger partial charge in [0.05, 0.1) is 6.10 Å². The van der Waals surface area contributed by atoms with Crippen molar-refractivity contribution in [2.45, 2.75) is 19.1 Å². The van der Waals surface area contributed by atoms with Crippen molar-refractivity contribution in [1.82, 2.24) is 9.47 Å². The number of aliphatic hydroxyl groups is 1. The average molecular weight is 194 g/mol. The Morgan fingerprint density at radius 3 is 2.71 bits per heavy atom. The second kappa shape index (κ2) is 3.84. The van der Waals surface area contributed by atoms with Crippen molar-refractivity contribution in [1.29, 1.82) is 0 Å². The van der Waals surface area contributed by atoms with Crippen LogP contribution in [0.25, 0.3) is 0 Å². The number of amides is 1. The van der Waals surface area contributed by atoms with Crippen LogP contribution in [0, 0.1) is 0 Å². The van der Waals surface area contributed by atoms with Gasteiger partial charge in [0.2, 0.25) is 5.91 Å². The van der Waals surface area contributed by atoms with Crippen molar-refractivity contribution in [3.8, 4) is 0 Å². The lowest BCUT2D eigenvalue weighted by Crippen LogP contribution is -2.32. The Kier molecular flexibility index (Phi) is 2.54. The van der Waals surface area contributed by atoms with Crippen LogP contribution < -0.4 is 0 Å². The van der Waals surface area contributed by atoms with Crippen LogP contribution in [0.5, 0.6) is 0 Å². The molecule has 0 saturated carbocycles. The maximum atomic E-state index is 11.7. The highest BCUT2D eigenvalue weighted by Gasteiger charge is 2.24. The number of carbonyl (C=O) groups excluding carboxylic acids is 1. The smallest absolute Gasteiger partial charge is 0.242 e. The van der Waals surface area contributed by atoms with E-state index in [1.165, 1.54) is 0 Å². The monoisotopic (exact) mass is 194 g/mol. The summed E-state index contributed by atoms with van der Waals surface area (Å²) in [5, 5.41) is 9.27. The minimum atomic E-state index is -0.330. The molecule has 2 rings (SSSR count). The molecule has 2 heterocycles. The van der Waals surface area contributed by atoms with Crippen molar-refractivity contribution < 1.29 is 9.90 Å². The van der Waals surface area contributed by atoms with Crippen molar-refractivity contribution in [2.75, 3.05) is 13.1 Å². The van der Waals surface area contributed by atoms with E-state index in [9.17, 15) is 9.90 Å². The van der Waals surface area contributed by atoms with Crippen molar-refractivity contribution in [3.05, 3.63) is 24.5 Å². The third-order valence-corrected chi connectivity index (χ3v) is 2.50. The number of nitrogens with zero attached hydrogens (tertiary/aromatic N) is 2. The number of rotatable bonds is 2. The van der Waals surface area contributed by atoms with Crippen LogP contribution in [-0.4, -0.2) is 39.7 Å². The number of hydrogen-bond acceptors (Lipinski definition) is 2. The molecule has 14 heavy (non-hydrogen) atoms. The van der Waals surface area contributed by atoms with E-state index >= 15 is 0 Å². The number of β-amino-alcohol motifs (C(OH)–C–C–N with tert-alkyl or cyclic N) is 1. The van der Waals surface area contributed by atoms with E-state index in [1.54, 1.807) is 4.90 Å². The maximum Gasteiger partial charge on any atom is 0.242 e. The molecule has 76 valence electrons. The molecule has 4 heteroatoms. The second-order valence-corrected chi connectivity index (χ2v) is 3.64. The molecule has 1 amide bonds. The van der Waals surface area contributed by atoms with Crippen LogP contribution in [0.15, 0.2) is 24.5 Å². The van der Waals surface area contributed by atoms with Gasteiger partial charge in [0, 0.05) is 25.5 Å². The molecule has 0 spiro atoms. The molecule has 4 nitrogen and oxygen atoms in total. The first kappa shape index (κ1) is 9.27. The van der Waals surface area contributed by atoms with Crippen molar-refractivity contribution >= 4 is 5.91 Å². The number of carbonyl (C=O) groups is 1. The van der Waals surface area contributed by atoms with Crippen LogP contribution >= 0.6 is 0 Å². The molecule has 1 atom stereocenters. The summed E-state index contributed by atoms with van der Waals surface area (Å²) < 4.78 is 1.84. The summed E-state index contributed by atoms with van der Waals surface area (Å²) in [7, 11) is 0. The molecule has 1 aliphatic heterocycles. The molecule has 0 aliphatic carbocycles. The fourth-order valence-electron chi connectivity index (χ4n) is 1.70. The molecular weight excluding hydrogens is 180 g/mol. The quantitative estimate of drug-likeness (QED) is 0.724. The van der Waals surface area contributed by atoms with Crippen molar-refractivity contribution in [3.63, 3.8) is 0 Å². The first-order valence-corrected chi connectivity index (χ1v) is 4.82. The molecule has 0 radical (unpaired) electrons. The number of aromatic nitrogens is 1. The Labute approximate surface area is 82.7 Å². The van der Waals surface area contributed by atoms with Gasteiger partial charge in [-0.15, -0.1) is 0 Å². The van der Waals surface area contributed by atoms with Crippen LogP contribution in [0.1, 0.15) is 6.42 Å². The summed E-state index contributed by atoms with van der Waals surface area (Å²) in [5.41, 5.74) is 0. The number of hydrogen-bond donors (Lipinski definition) is 1. The number of aliphatic hydroxyl groups excluding tert-OH is 1. The standard InChI is InChI=1S/C10H14N2O2/c13-9-3-6-12(7-9)10(14)8-11-4-1-2-5-11/h1-2,4-5,9,13H,3,6-8H2/t9-/m0/s1. The van der Waals surface area contributed by atoms with Gasteiger partial charge in [-0.2, -0.15) is 0 Å². The zero-order valence-corrected chi connectivity index (χ0v) is 7.97. The minimum Gasteiger partial charge on any atom is -0.391 e. The van der Waals surface area contributed by atoms with E-state index in [-0.39, 0.29) is 12.0 Å². The van der Waals surface area contributed by atoms with Gasteiger partial charge in [-0.05, 0) is 18.6 Å². The lowest BCUT2D eigenvalue weighted by Gasteiger charge is -2.15. The molecule has 1 aromatic rings. The largest absolute Gasteiger partial charge is 0.391 e. The summed E-state index contributed by atoms with van der Waals surface area (Å²) in [6.07, 6.45) is 4.11. The van der Waals surface area contributed by atoms with Gasteiger partial charge in [-0.1, -0.05) is 0 Å². The molecule has 0 bridgehead atoms. The predicted octanol–water partition coefficient (Wildman–Crippen LogP) is 0.0813. The molecule has 0 aromatic carbocycles. The van der Waals surface area contributed by atoms with Crippen LogP contribution in [0.2, 0.25) is 0 Å². The van der Waals surface area contributed by atoms with E-state index in [0.29, 0.717) is 26.1 Å². The average Bonchev–Trinajstić information content (AvgIpc) is 2.75. The molecule has 1 aliphatic rings. The number of likely N-dealkylation sites (tertiary alicyclic amines) is 1. The highest BCUT2D eigenvalue weighted by Crippen LogP contribution is 2.09. The predicted molar refractivity (Wildman–Crippen MR) is 51.6 cm³/mol. The normalized spacial score (nSPS) is 21.5. The molecule has 1 aromatic heterocycles. The van der Waals surface area contributed by atoms with E-state index in [4.69, 9.17) is 0 Å². The van der Waals surface area contributed by atoms with Crippen LogP contribution in [0.4, 0.5) is 0 Å². The van der Waals surface area contributed by atoms with Crippen molar-refractivity contribution in [2.24, 2.45) is 0 Å². The Balaban J connectivity index is 1.90. The Hall–Kier alpha value is -1.29. The van der Waals surface area contributed by atoms with Gasteiger partial charge in [0.25, 0.3) is 0 Å². The van der Waals surface area contributed by atoms with E-state index in [1.807, 2.05) is 29.1 Å². The topological polar surface area (TPSA) is 45.5 Å². The van der Waals surface area contributed by atoms with Gasteiger partial charge in [0.1, 0.15) is 6.54 Å². The van der Waals surface area contributed by atoms with E-state index in [0.717, 1.165) is 0 Å². The molecule has 1 fully saturated rings. The van der Waals surface area contributed by atoms with Gasteiger partial charge in [-0.25, -0.2) is 0 Å². The summed E-state index contributed by atoms with van der Waals surface area (Å²) in [4.78, 5) is 13.4. The highest BCUT2D eigenvalue weighted by molar-refractivity contribution is 5.76. The van der Waals surface area contributed by atoms with Gasteiger partial charge in [0.15, 0.2) is 0 Å². The Morgan fingerprint density at radius 2 is 2.14 bits per heavy atom. The SMILES string of the molecule is O=C(Cn1cccc1)N1CC[C@H](O)C1. The third-order valence-electron chi connectivity index (χ3n) is 2.50. The van der Waals surface area contributed by atoms with Gasteiger partial charge in [-0.3, -0.25) is 4.79 Å². The fourth-order valence-corrected chi connectivity index (χ4v) is 1.70. The fraction of sp³-hybridized carbons (Fsp3) is 0.500. The van der Waals surface area contributed by atoms with Gasteiger partial charge < -0.3 is 14.6 Å². The maximum absolute atomic E-state index is 11.7. The summed E-state index contributed by atoms with van der Waals surface area (Å²) in [5.74, 6) is 0.0813. The van der Waals surface area contributed by atoms with E-state index < -0.39 is 0 Å². The van der Waals surface area contributed by atoms with E-state index in [2.05, 4.69) is 0 Å². The first-order chi connectivity index (χ1) is 6.75. The second-order valence-electron chi connectivity index (χ2n) is 3.64. The lowest BCUT2D eigenvalue weighted by atomic mass is 10.3. The zero-order chi connectivity index (χ0) is 9.97. The highest BCUT2D eigenvalue weighted by atomic mass is 16.3. The Bertz CT molecular complexity index is 308. The summed E-state index contributed by atoms with van der Waals surface area (Å²) in [6, 6.07) is 3.79. The minimum absolute atomic E-state index is 0.0813. The molecule has 1 saturated heterocycles. The molecule has 1 N–H and O–H groups in total. The zero-order valence-electron chi connectivity index (χ0n) is 7.97. The molecule has 0 unspecified atom stereocenters. The summed E-state index contributed by atoms with van der Waals surface area (Å²) >= 11 is 0. The lowest BCUT2D eigenvalue weighted by molar-refractivity contribution is -0.131. The van der Waals surface area contributed by atoms with Crippen LogP contribution in [-0.2, 0) is 11.3 Å².